The zero-order chi connectivity index (χ0) is 14.8. The highest BCUT2D eigenvalue weighted by Crippen LogP contribution is 2.32. The maximum atomic E-state index is 12.6. The number of methoxy groups -OCH3 is 2. The minimum absolute atomic E-state index is 0.0389. The van der Waals surface area contributed by atoms with Crippen LogP contribution in [0.25, 0.3) is 0 Å². The van der Waals surface area contributed by atoms with E-state index >= 15 is 0 Å². The van der Waals surface area contributed by atoms with Crippen LogP contribution in [0, 0.1) is 0 Å². The molecule has 0 radical (unpaired) electrons. The Morgan fingerprint density at radius 1 is 1.25 bits per heavy atom. The summed E-state index contributed by atoms with van der Waals surface area (Å²) in [6.45, 7) is 0. The van der Waals surface area contributed by atoms with Gasteiger partial charge in [0.15, 0.2) is 5.13 Å². The van der Waals surface area contributed by atoms with Gasteiger partial charge < -0.3 is 9.47 Å². The van der Waals surface area contributed by atoms with Crippen molar-refractivity contribution in [2.45, 2.75) is 4.90 Å². The number of aromatic nitrogens is 1. The number of rotatable bonds is 5. The number of nitrogens with zero attached hydrogens (tertiary/aromatic N) is 2. The highest BCUT2D eigenvalue weighted by molar-refractivity contribution is 7.93. The topological polar surface area (TPSA) is 68.7 Å². The van der Waals surface area contributed by atoms with Gasteiger partial charge in [-0.1, -0.05) is 0 Å². The molecule has 0 atom stereocenters. The van der Waals surface area contributed by atoms with Crippen LogP contribution in [-0.4, -0.2) is 34.7 Å². The van der Waals surface area contributed by atoms with E-state index in [1.54, 1.807) is 23.7 Å². The van der Waals surface area contributed by atoms with Gasteiger partial charge in [-0.05, 0) is 12.1 Å². The van der Waals surface area contributed by atoms with E-state index in [1.807, 2.05) is 0 Å². The zero-order valence-corrected chi connectivity index (χ0v) is 12.9. The predicted molar refractivity (Wildman–Crippen MR) is 77.2 cm³/mol. The molecule has 0 unspecified atom stereocenters. The lowest BCUT2D eigenvalue weighted by Gasteiger charge is -2.18. The second-order valence-corrected chi connectivity index (χ2v) is 6.61. The molecule has 6 nitrogen and oxygen atoms in total. The summed E-state index contributed by atoms with van der Waals surface area (Å²) < 4.78 is 36.6. The normalized spacial score (nSPS) is 11.2. The van der Waals surface area contributed by atoms with Crippen molar-refractivity contribution in [1.29, 1.82) is 0 Å². The van der Waals surface area contributed by atoms with Gasteiger partial charge in [0, 0.05) is 24.7 Å². The molecule has 0 saturated carbocycles. The molecule has 1 aromatic heterocycles. The Morgan fingerprint density at radius 3 is 2.55 bits per heavy atom. The standard InChI is InChI=1S/C12H14N2O4S2/c1-14(12-13-6-7-19-12)20(15,16)11-8-9(17-2)4-5-10(11)18-3/h4-8H,1-3H3. The molecule has 108 valence electrons. The average molecular weight is 314 g/mol. The van der Waals surface area contributed by atoms with Crippen LogP contribution in [0.2, 0.25) is 0 Å². The summed E-state index contributed by atoms with van der Waals surface area (Å²) in [4.78, 5) is 4.04. The van der Waals surface area contributed by atoms with Gasteiger partial charge in [-0.3, -0.25) is 0 Å². The largest absolute Gasteiger partial charge is 0.497 e. The van der Waals surface area contributed by atoms with Crippen molar-refractivity contribution in [3.8, 4) is 11.5 Å². The number of hydrogen-bond acceptors (Lipinski definition) is 6. The Kier molecular flexibility index (Phi) is 4.15. The van der Waals surface area contributed by atoms with E-state index in [1.165, 1.54) is 38.7 Å². The van der Waals surface area contributed by atoms with Crippen LogP contribution in [0.15, 0.2) is 34.7 Å². The van der Waals surface area contributed by atoms with Crippen LogP contribution in [0.3, 0.4) is 0 Å². The van der Waals surface area contributed by atoms with Crippen molar-refractivity contribution in [1.82, 2.24) is 4.98 Å². The lowest BCUT2D eigenvalue weighted by molar-refractivity contribution is 0.392. The van der Waals surface area contributed by atoms with E-state index in [9.17, 15) is 8.42 Å². The summed E-state index contributed by atoms with van der Waals surface area (Å²) in [5.74, 6) is 0.700. The monoisotopic (exact) mass is 314 g/mol. The minimum Gasteiger partial charge on any atom is -0.497 e. The Bertz CT molecular complexity index is 683. The molecule has 2 aromatic rings. The number of ether oxygens (including phenoxy) is 2. The first kappa shape index (κ1) is 14.6. The number of benzene rings is 1. The van der Waals surface area contributed by atoms with Gasteiger partial charge in [0.25, 0.3) is 10.0 Å². The van der Waals surface area contributed by atoms with Crippen LogP contribution in [0.1, 0.15) is 0 Å². The molecule has 0 spiro atoms. The molecule has 0 bridgehead atoms. The molecule has 20 heavy (non-hydrogen) atoms. The summed E-state index contributed by atoms with van der Waals surface area (Å²) in [7, 11) is 0.586. The molecular formula is C12H14N2O4S2. The van der Waals surface area contributed by atoms with Gasteiger partial charge in [0.05, 0.1) is 14.2 Å². The Balaban J connectivity index is 2.53. The number of sulfonamides is 1. The van der Waals surface area contributed by atoms with Gasteiger partial charge in [0.2, 0.25) is 0 Å². The Labute approximate surface area is 121 Å². The summed E-state index contributed by atoms with van der Waals surface area (Å²) in [5.41, 5.74) is 0. The molecule has 0 N–H and O–H groups in total. The lowest BCUT2D eigenvalue weighted by Crippen LogP contribution is -2.26. The van der Waals surface area contributed by atoms with Crippen LogP contribution in [0.4, 0.5) is 5.13 Å². The van der Waals surface area contributed by atoms with Crippen LogP contribution in [-0.2, 0) is 10.0 Å². The highest BCUT2D eigenvalue weighted by Gasteiger charge is 2.27. The van der Waals surface area contributed by atoms with E-state index in [0.29, 0.717) is 10.9 Å². The van der Waals surface area contributed by atoms with Crippen molar-refractivity contribution >= 4 is 26.5 Å². The Hall–Kier alpha value is -1.80. The van der Waals surface area contributed by atoms with E-state index in [2.05, 4.69) is 4.98 Å². The molecule has 0 aliphatic heterocycles. The first-order valence-corrected chi connectivity index (χ1v) is 7.93. The quantitative estimate of drug-likeness (QED) is 0.844. The lowest BCUT2D eigenvalue weighted by atomic mass is 10.3. The van der Waals surface area contributed by atoms with Crippen molar-refractivity contribution in [3.63, 3.8) is 0 Å². The molecular weight excluding hydrogens is 300 g/mol. The third kappa shape index (κ3) is 2.56. The fraction of sp³-hybridized carbons (Fsp3) is 0.250. The first-order valence-electron chi connectivity index (χ1n) is 5.61. The van der Waals surface area contributed by atoms with Crippen LogP contribution in [0.5, 0.6) is 11.5 Å². The molecule has 8 heteroatoms. The maximum absolute atomic E-state index is 12.6. The molecule has 1 aromatic carbocycles. The summed E-state index contributed by atoms with van der Waals surface area (Å²) >= 11 is 1.24. The zero-order valence-electron chi connectivity index (χ0n) is 11.2. The highest BCUT2D eigenvalue weighted by atomic mass is 32.2. The molecule has 1 heterocycles. The van der Waals surface area contributed by atoms with E-state index in [0.717, 1.165) is 4.31 Å². The fourth-order valence-corrected chi connectivity index (χ4v) is 3.76. The number of thiazole rings is 1. The summed E-state index contributed by atoms with van der Waals surface area (Å²) in [5, 5.41) is 2.10. The maximum Gasteiger partial charge on any atom is 0.269 e. The van der Waals surface area contributed by atoms with Crippen molar-refractivity contribution in [2.24, 2.45) is 0 Å². The molecule has 0 saturated heterocycles. The molecule has 0 fully saturated rings. The number of hydrogen-bond donors (Lipinski definition) is 0. The predicted octanol–water partition coefficient (Wildman–Crippen LogP) is 1.99. The van der Waals surface area contributed by atoms with Gasteiger partial charge in [-0.15, -0.1) is 11.3 Å². The smallest absolute Gasteiger partial charge is 0.269 e. The molecule has 2 rings (SSSR count). The van der Waals surface area contributed by atoms with Crippen molar-refractivity contribution in [2.75, 3.05) is 25.6 Å². The van der Waals surface area contributed by atoms with Crippen molar-refractivity contribution in [3.05, 3.63) is 29.8 Å². The van der Waals surface area contributed by atoms with E-state index in [4.69, 9.17) is 9.47 Å². The van der Waals surface area contributed by atoms with Crippen LogP contribution < -0.4 is 13.8 Å². The number of anilines is 1. The third-order valence-electron chi connectivity index (χ3n) is 2.70. The molecule has 0 amide bonds. The second-order valence-electron chi connectivity index (χ2n) is 3.80. The average Bonchev–Trinajstić information content (AvgIpc) is 2.99. The SMILES string of the molecule is COc1ccc(OC)c(S(=O)(=O)N(C)c2nccs2)c1. The summed E-state index contributed by atoms with van der Waals surface area (Å²) in [6.07, 6.45) is 1.55. The first-order chi connectivity index (χ1) is 9.50. The minimum atomic E-state index is -3.76. The Morgan fingerprint density at radius 2 is 2.00 bits per heavy atom. The van der Waals surface area contributed by atoms with E-state index < -0.39 is 10.0 Å². The summed E-state index contributed by atoms with van der Waals surface area (Å²) in [6, 6.07) is 4.63. The van der Waals surface area contributed by atoms with Gasteiger partial charge in [0.1, 0.15) is 16.4 Å². The molecule has 0 aliphatic rings. The fourth-order valence-electron chi connectivity index (χ4n) is 1.61. The van der Waals surface area contributed by atoms with Crippen LogP contribution >= 0.6 is 11.3 Å². The third-order valence-corrected chi connectivity index (χ3v) is 5.43. The van der Waals surface area contributed by atoms with E-state index in [-0.39, 0.29) is 10.6 Å². The van der Waals surface area contributed by atoms with Gasteiger partial charge in [-0.25, -0.2) is 17.7 Å². The second kappa shape index (κ2) is 5.68. The van der Waals surface area contributed by atoms with Gasteiger partial charge >= 0.3 is 0 Å². The van der Waals surface area contributed by atoms with Gasteiger partial charge in [-0.2, -0.15) is 0 Å². The molecule has 0 aliphatic carbocycles. The van der Waals surface area contributed by atoms with Crippen molar-refractivity contribution < 1.29 is 17.9 Å².